The molecule has 0 aliphatic carbocycles. The van der Waals surface area contributed by atoms with Gasteiger partial charge in [-0.05, 0) is 24.5 Å². The summed E-state index contributed by atoms with van der Waals surface area (Å²) in [6.07, 6.45) is 1.86. The second-order valence-electron chi connectivity index (χ2n) is 7.13. The lowest BCUT2D eigenvalue weighted by Crippen LogP contribution is -2.39. The Kier molecular flexibility index (Phi) is 6.52. The van der Waals surface area contributed by atoms with Gasteiger partial charge in [0, 0.05) is 31.0 Å². The SMILES string of the molecule is O=C(C1=C(c2ccccc2)SCCO1)N(Cc1ccccc1F)C[C@H]1CCCO1. The van der Waals surface area contributed by atoms with E-state index in [-0.39, 0.29) is 24.4 Å². The van der Waals surface area contributed by atoms with Gasteiger partial charge in [0.1, 0.15) is 5.82 Å². The highest BCUT2D eigenvalue weighted by atomic mass is 32.2. The summed E-state index contributed by atoms with van der Waals surface area (Å²) in [7, 11) is 0. The van der Waals surface area contributed by atoms with Crippen LogP contribution in [-0.2, 0) is 20.8 Å². The number of hydrogen-bond acceptors (Lipinski definition) is 4. The molecule has 0 spiro atoms. The van der Waals surface area contributed by atoms with Gasteiger partial charge in [0.2, 0.25) is 0 Å². The second-order valence-corrected chi connectivity index (χ2v) is 8.24. The van der Waals surface area contributed by atoms with Gasteiger partial charge in [0.15, 0.2) is 5.76 Å². The van der Waals surface area contributed by atoms with Crippen LogP contribution < -0.4 is 0 Å². The standard InChI is InChI=1S/C23H24FNO3S/c24-20-11-5-4-9-18(20)15-25(16-19-10-6-12-27-19)23(26)21-22(29-14-13-28-21)17-7-2-1-3-8-17/h1-5,7-9,11,19H,6,10,12-16H2/t19-/m1/s1. The van der Waals surface area contributed by atoms with Gasteiger partial charge < -0.3 is 14.4 Å². The molecule has 2 heterocycles. The van der Waals surface area contributed by atoms with Crippen LogP contribution in [0.4, 0.5) is 4.39 Å². The number of carbonyl (C=O) groups excluding carboxylic acids is 1. The van der Waals surface area contributed by atoms with E-state index in [1.165, 1.54) is 6.07 Å². The number of rotatable bonds is 6. The van der Waals surface area contributed by atoms with Gasteiger partial charge in [-0.1, -0.05) is 48.5 Å². The maximum atomic E-state index is 14.3. The van der Waals surface area contributed by atoms with Crippen LogP contribution in [0.25, 0.3) is 4.91 Å². The van der Waals surface area contributed by atoms with E-state index >= 15 is 0 Å². The number of thioether (sulfide) groups is 1. The van der Waals surface area contributed by atoms with Gasteiger partial charge in [-0.3, -0.25) is 4.79 Å². The van der Waals surface area contributed by atoms with Crippen LogP contribution in [0.5, 0.6) is 0 Å². The third-order valence-electron chi connectivity index (χ3n) is 5.07. The number of carbonyl (C=O) groups is 1. The molecule has 0 bridgehead atoms. The van der Waals surface area contributed by atoms with Crippen molar-refractivity contribution in [3.05, 3.63) is 77.3 Å². The van der Waals surface area contributed by atoms with Crippen molar-refractivity contribution in [2.75, 3.05) is 25.5 Å². The maximum absolute atomic E-state index is 14.3. The first-order chi connectivity index (χ1) is 14.2. The average Bonchev–Trinajstić information content (AvgIpc) is 3.28. The molecule has 0 aromatic heterocycles. The Balaban J connectivity index is 1.65. The molecule has 1 atom stereocenters. The van der Waals surface area contributed by atoms with Crippen LogP contribution in [0, 0.1) is 5.82 Å². The minimum Gasteiger partial charge on any atom is -0.486 e. The summed E-state index contributed by atoms with van der Waals surface area (Å²) in [6, 6.07) is 16.4. The van der Waals surface area contributed by atoms with Crippen LogP contribution in [-0.4, -0.2) is 42.4 Å². The first kappa shape index (κ1) is 20.0. The summed E-state index contributed by atoms with van der Waals surface area (Å²) in [4.78, 5) is 16.0. The third-order valence-corrected chi connectivity index (χ3v) is 6.15. The van der Waals surface area contributed by atoms with Crippen LogP contribution in [0.1, 0.15) is 24.0 Å². The summed E-state index contributed by atoms with van der Waals surface area (Å²) in [5, 5.41) is 0. The summed E-state index contributed by atoms with van der Waals surface area (Å²) >= 11 is 1.62. The van der Waals surface area contributed by atoms with Gasteiger partial charge in [-0.15, -0.1) is 11.8 Å². The lowest BCUT2D eigenvalue weighted by Gasteiger charge is -2.29. The molecule has 2 aromatic carbocycles. The predicted molar refractivity (Wildman–Crippen MR) is 113 cm³/mol. The minimum absolute atomic E-state index is 0.0252. The molecule has 6 heteroatoms. The largest absolute Gasteiger partial charge is 0.486 e. The van der Waals surface area contributed by atoms with Crippen molar-refractivity contribution in [1.82, 2.24) is 4.90 Å². The van der Waals surface area contributed by atoms with Crippen molar-refractivity contribution in [3.8, 4) is 0 Å². The van der Waals surface area contributed by atoms with E-state index in [0.29, 0.717) is 31.1 Å². The number of amides is 1. The zero-order chi connectivity index (χ0) is 20.1. The smallest absolute Gasteiger partial charge is 0.290 e. The average molecular weight is 414 g/mol. The summed E-state index contributed by atoms with van der Waals surface area (Å²) in [5.74, 6) is 0.616. The number of nitrogens with zero attached hydrogens (tertiary/aromatic N) is 1. The molecule has 2 aliphatic heterocycles. The highest BCUT2D eigenvalue weighted by Gasteiger charge is 2.30. The Morgan fingerprint density at radius 2 is 1.90 bits per heavy atom. The van der Waals surface area contributed by atoms with Crippen molar-refractivity contribution in [1.29, 1.82) is 0 Å². The second kappa shape index (κ2) is 9.46. The van der Waals surface area contributed by atoms with E-state index < -0.39 is 0 Å². The fourth-order valence-electron chi connectivity index (χ4n) is 3.61. The van der Waals surface area contributed by atoms with Crippen LogP contribution in [0.2, 0.25) is 0 Å². The molecule has 1 amide bonds. The number of ether oxygens (including phenoxy) is 2. The van der Waals surface area contributed by atoms with Gasteiger partial charge >= 0.3 is 0 Å². The first-order valence-electron chi connectivity index (χ1n) is 9.92. The van der Waals surface area contributed by atoms with E-state index in [1.54, 1.807) is 34.9 Å². The summed E-state index contributed by atoms with van der Waals surface area (Å²) in [6.45, 7) is 1.80. The van der Waals surface area contributed by atoms with Crippen LogP contribution in [0.15, 0.2) is 60.4 Å². The molecular weight excluding hydrogens is 389 g/mol. The molecule has 152 valence electrons. The van der Waals surface area contributed by atoms with E-state index in [1.807, 2.05) is 30.3 Å². The molecule has 2 aliphatic rings. The Hall–Kier alpha value is -2.31. The molecule has 0 saturated carbocycles. The molecule has 1 saturated heterocycles. The van der Waals surface area contributed by atoms with Gasteiger partial charge in [-0.25, -0.2) is 4.39 Å². The van der Waals surface area contributed by atoms with Gasteiger partial charge in [-0.2, -0.15) is 0 Å². The Morgan fingerprint density at radius 1 is 1.10 bits per heavy atom. The molecule has 4 rings (SSSR count). The lowest BCUT2D eigenvalue weighted by atomic mass is 10.1. The Bertz CT molecular complexity index is 881. The van der Waals surface area contributed by atoms with Crippen molar-refractivity contribution in [3.63, 3.8) is 0 Å². The van der Waals surface area contributed by atoms with E-state index in [0.717, 1.165) is 29.1 Å². The van der Waals surface area contributed by atoms with Gasteiger partial charge in [0.25, 0.3) is 5.91 Å². The molecule has 0 unspecified atom stereocenters. The zero-order valence-corrected chi connectivity index (χ0v) is 17.0. The number of hydrogen-bond donors (Lipinski definition) is 0. The fraction of sp³-hybridized carbons (Fsp3) is 0.348. The van der Waals surface area contributed by atoms with Crippen LogP contribution >= 0.6 is 11.8 Å². The maximum Gasteiger partial charge on any atom is 0.290 e. The van der Waals surface area contributed by atoms with Crippen molar-refractivity contribution in [2.24, 2.45) is 0 Å². The number of benzene rings is 2. The highest BCUT2D eigenvalue weighted by Crippen LogP contribution is 2.35. The Morgan fingerprint density at radius 3 is 2.66 bits per heavy atom. The van der Waals surface area contributed by atoms with E-state index in [4.69, 9.17) is 9.47 Å². The molecule has 1 fully saturated rings. The van der Waals surface area contributed by atoms with E-state index in [9.17, 15) is 9.18 Å². The molecule has 29 heavy (non-hydrogen) atoms. The molecular formula is C23H24FNO3S. The zero-order valence-electron chi connectivity index (χ0n) is 16.2. The quantitative estimate of drug-likeness (QED) is 0.701. The molecule has 4 nitrogen and oxygen atoms in total. The molecule has 0 radical (unpaired) electrons. The normalized spacial score (nSPS) is 19.1. The van der Waals surface area contributed by atoms with Crippen LogP contribution in [0.3, 0.4) is 0 Å². The Labute approximate surface area is 174 Å². The third kappa shape index (κ3) is 4.82. The monoisotopic (exact) mass is 413 g/mol. The van der Waals surface area contributed by atoms with Crippen molar-refractivity contribution < 1.29 is 18.7 Å². The van der Waals surface area contributed by atoms with Crippen molar-refractivity contribution >= 4 is 22.6 Å². The predicted octanol–water partition coefficient (Wildman–Crippen LogP) is 4.47. The van der Waals surface area contributed by atoms with Crippen molar-refractivity contribution in [2.45, 2.75) is 25.5 Å². The number of halogens is 1. The first-order valence-corrected chi connectivity index (χ1v) is 10.9. The highest BCUT2D eigenvalue weighted by molar-refractivity contribution is 8.08. The minimum atomic E-state index is -0.311. The fourth-order valence-corrected chi connectivity index (χ4v) is 4.56. The topological polar surface area (TPSA) is 38.8 Å². The van der Waals surface area contributed by atoms with Gasteiger partial charge in [0.05, 0.1) is 17.6 Å². The lowest BCUT2D eigenvalue weighted by molar-refractivity contribution is -0.133. The molecule has 0 N–H and O–H groups in total. The van der Waals surface area contributed by atoms with E-state index in [2.05, 4.69) is 0 Å². The summed E-state index contributed by atoms with van der Waals surface area (Å²) in [5.41, 5.74) is 1.45. The molecule has 2 aromatic rings. The summed E-state index contributed by atoms with van der Waals surface area (Å²) < 4.78 is 25.9.